The van der Waals surface area contributed by atoms with Gasteiger partial charge in [0.05, 0.1) is 12.4 Å². The number of aromatic nitrogens is 2. The first kappa shape index (κ1) is 13.9. The van der Waals surface area contributed by atoms with Gasteiger partial charge >= 0.3 is 0 Å². The Morgan fingerprint density at radius 1 is 1.29 bits per heavy atom. The number of nitrogens with zero attached hydrogens (tertiary/aromatic N) is 2. The molecule has 3 N–H and O–H groups in total. The van der Waals surface area contributed by atoms with E-state index >= 15 is 0 Å². The van der Waals surface area contributed by atoms with Gasteiger partial charge in [0.15, 0.2) is 0 Å². The second kappa shape index (κ2) is 5.42. The lowest BCUT2D eigenvalue weighted by Gasteiger charge is -2.15. The van der Waals surface area contributed by atoms with Crippen LogP contribution in [0.3, 0.4) is 0 Å². The molecule has 0 spiro atoms. The van der Waals surface area contributed by atoms with Crippen molar-refractivity contribution in [3.05, 3.63) is 12.4 Å². The Morgan fingerprint density at radius 3 is 2.29 bits per heavy atom. The minimum absolute atomic E-state index is 0.0299. The van der Waals surface area contributed by atoms with Gasteiger partial charge in [-0.1, -0.05) is 13.8 Å². The number of nitrogens with two attached hydrogens (primary N) is 1. The molecule has 0 aliphatic heterocycles. The zero-order valence-electron chi connectivity index (χ0n) is 10.2. The molecule has 0 aliphatic rings. The second-order valence-electron chi connectivity index (χ2n) is 4.43. The zero-order valence-corrected chi connectivity index (χ0v) is 11.0. The van der Waals surface area contributed by atoms with E-state index in [1.165, 1.54) is 12.4 Å². The van der Waals surface area contributed by atoms with Gasteiger partial charge < -0.3 is 5.73 Å². The van der Waals surface area contributed by atoms with Crippen molar-refractivity contribution in [1.82, 2.24) is 14.7 Å². The minimum atomic E-state index is -3.55. The quantitative estimate of drug-likeness (QED) is 0.813. The summed E-state index contributed by atoms with van der Waals surface area (Å²) in [7, 11) is -3.55. The van der Waals surface area contributed by atoms with E-state index in [0.717, 1.165) is 6.42 Å². The van der Waals surface area contributed by atoms with Crippen LogP contribution in [0.5, 0.6) is 0 Å². The van der Waals surface area contributed by atoms with Crippen molar-refractivity contribution in [2.45, 2.75) is 38.1 Å². The number of sulfonamides is 1. The summed E-state index contributed by atoms with van der Waals surface area (Å²) >= 11 is 0. The average Bonchev–Trinajstić information content (AvgIpc) is 2.15. The fraction of sp³-hybridized carbons (Fsp3) is 0.600. The highest BCUT2D eigenvalue weighted by molar-refractivity contribution is 7.89. The van der Waals surface area contributed by atoms with Crippen LogP contribution in [0.4, 0.5) is 5.95 Å². The Kier molecular flexibility index (Phi) is 4.41. The fourth-order valence-corrected chi connectivity index (χ4v) is 2.70. The van der Waals surface area contributed by atoms with Gasteiger partial charge in [0.1, 0.15) is 4.90 Å². The molecule has 1 aromatic rings. The average molecular weight is 258 g/mol. The Bertz CT molecular complexity index is 456. The van der Waals surface area contributed by atoms with E-state index in [2.05, 4.69) is 14.7 Å². The molecule has 96 valence electrons. The smallest absolute Gasteiger partial charge is 0.243 e. The lowest BCUT2D eigenvalue weighted by atomic mass is 10.1. The largest absolute Gasteiger partial charge is 0.368 e. The van der Waals surface area contributed by atoms with E-state index in [1.54, 1.807) is 0 Å². The van der Waals surface area contributed by atoms with Crippen LogP contribution in [0.1, 0.15) is 27.2 Å². The topological polar surface area (TPSA) is 98.0 Å². The van der Waals surface area contributed by atoms with E-state index in [9.17, 15) is 8.42 Å². The van der Waals surface area contributed by atoms with Crippen molar-refractivity contribution < 1.29 is 8.42 Å². The van der Waals surface area contributed by atoms with Crippen LogP contribution in [0.25, 0.3) is 0 Å². The number of nitrogens with one attached hydrogen (secondary N) is 1. The normalized spacial score (nSPS) is 13.9. The van der Waals surface area contributed by atoms with Gasteiger partial charge in [-0.25, -0.2) is 23.1 Å². The number of anilines is 1. The molecule has 0 aliphatic carbocycles. The lowest BCUT2D eigenvalue weighted by molar-refractivity contribution is 0.482. The lowest BCUT2D eigenvalue weighted by Crippen LogP contribution is -2.33. The summed E-state index contributed by atoms with van der Waals surface area (Å²) in [6.07, 6.45) is 3.18. The van der Waals surface area contributed by atoms with Gasteiger partial charge in [-0.2, -0.15) is 0 Å². The molecular weight excluding hydrogens is 240 g/mol. The SMILES string of the molecule is CC(C)CC(C)NS(=O)(=O)c1cnc(N)nc1. The highest BCUT2D eigenvalue weighted by Gasteiger charge is 2.18. The maximum atomic E-state index is 11.9. The van der Waals surface area contributed by atoms with Crippen LogP contribution in [-0.2, 0) is 10.0 Å². The van der Waals surface area contributed by atoms with Gasteiger partial charge in [0.2, 0.25) is 16.0 Å². The third-order valence-corrected chi connectivity index (χ3v) is 3.68. The first-order valence-corrected chi connectivity index (χ1v) is 6.89. The first-order chi connectivity index (χ1) is 7.81. The summed E-state index contributed by atoms with van der Waals surface area (Å²) in [5.41, 5.74) is 5.30. The summed E-state index contributed by atoms with van der Waals surface area (Å²) in [6, 6.07) is -0.127. The van der Waals surface area contributed by atoms with Gasteiger partial charge in [-0.15, -0.1) is 0 Å². The fourth-order valence-electron chi connectivity index (χ4n) is 1.55. The van der Waals surface area contributed by atoms with Gasteiger partial charge in [-0.3, -0.25) is 0 Å². The molecule has 0 saturated heterocycles. The third kappa shape index (κ3) is 4.27. The number of hydrogen-bond acceptors (Lipinski definition) is 5. The van der Waals surface area contributed by atoms with Crippen molar-refractivity contribution in [3.8, 4) is 0 Å². The molecular formula is C10H18N4O2S. The first-order valence-electron chi connectivity index (χ1n) is 5.41. The summed E-state index contributed by atoms with van der Waals surface area (Å²) < 4.78 is 26.4. The van der Waals surface area contributed by atoms with Crippen LogP contribution < -0.4 is 10.5 Å². The van der Waals surface area contributed by atoms with E-state index in [1.807, 2.05) is 20.8 Å². The molecule has 0 saturated carbocycles. The third-order valence-electron chi connectivity index (χ3n) is 2.14. The van der Waals surface area contributed by atoms with E-state index in [4.69, 9.17) is 5.73 Å². The minimum Gasteiger partial charge on any atom is -0.368 e. The molecule has 0 amide bonds. The molecule has 0 fully saturated rings. The predicted octanol–water partition coefficient (Wildman–Crippen LogP) is 0.772. The predicted molar refractivity (Wildman–Crippen MR) is 65.7 cm³/mol. The summed E-state index contributed by atoms with van der Waals surface area (Å²) in [5.74, 6) is 0.481. The maximum Gasteiger partial charge on any atom is 0.243 e. The standard InChI is InChI=1S/C10H18N4O2S/c1-7(2)4-8(3)14-17(15,16)9-5-12-10(11)13-6-9/h5-8,14H,4H2,1-3H3,(H2,11,12,13). The maximum absolute atomic E-state index is 11.9. The molecule has 0 radical (unpaired) electrons. The molecule has 7 heteroatoms. The number of nitrogen functional groups attached to an aromatic ring is 1. The van der Waals surface area contributed by atoms with E-state index in [0.29, 0.717) is 5.92 Å². The van der Waals surface area contributed by atoms with Gasteiger partial charge in [-0.05, 0) is 19.3 Å². The van der Waals surface area contributed by atoms with E-state index in [-0.39, 0.29) is 16.9 Å². The van der Waals surface area contributed by atoms with E-state index < -0.39 is 10.0 Å². The summed E-state index contributed by atoms with van der Waals surface area (Å²) in [6.45, 7) is 5.91. The van der Waals surface area contributed by atoms with Crippen LogP contribution >= 0.6 is 0 Å². The molecule has 0 aromatic carbocycles. The zero-order chi connectivity index (χ0) is 13.1. The van der Waals surface area contributed by atoms with Crippen molar-refractivity contribution in [2.75, 3.05) is 5.73 Å². The van der Waals surface area contributed by atoms with Crippen LogP contribution in [-0.4, -0.2) is 24.4 Å². The monoisotopic (exact) mass is 258 g/mol. The van der Waals surface area contributed by atoms with Crippen LogP contribution in [0, 0.1) is 5.92 Å². The Balaban J connectivity index is 2.78. The summed E-state index contributed by atoms with van der Waals surface area (Å²) in [5, 5.41) is 0. The van der Waals surface area contributed by atoms with Crippen molar-refractivity contribution in [2.24, 2.45) is 5.92 Å². The molecule has 1 atom stereocenters. The summed E-state index contributed by atoms with van der Waals surface area (Å²) in [4.78, 5) is 7.35. The van der Waals surface area contributed by atoms with Crippen LogP contribution in [0.15, 0.2) is 17.3 Å². The molecule has 1 rings (SSSR count). The highest BCUT2D eigenvalue weighted by Crippen LogP contribution is 2.10. The van der Waals surface area contributed by atoms with Crippen molar-refractivity contribution >= 4 is 16.0 Å². The molecule has 1 unspecified atom stereocenters. The molecule has 1 aromatic heterocycles. The van der Waals surface area contributed by atoms with Gasteiger partial charge in [0, 0.05) is 6.04 Å². The Morgan fingerprint density at radius 2 is 1.82 bits per heavy atom. The number of rotatable bonds is 5. The molecule has 17 heavy (non-hydrogen) atoms. The van der Waals surface area contributed by atoms with Crippen LogP contribution in [0.2, 0.25) is 0 Å². The molecule has 6 nitrogen and oxygen atoms in total. The number of hydrogen-bond donors (Lipinski definition) is 2. The van der Waals surface area contributed by atoms with Crippen molar-refractivity contribution in [1.29, 1.82) is 0 Å². The van der Waals surface area contributed by atoms with Gasteiger partial charge in [0.25, 0.3) is 0 Å². The molecule has 0 bridgehead atoms. The molecule has 1 heterocycles. The Labute approximate surface area is 102 Å². The Hall–Kier alpha value is -1.21. The second-order valence-corrected chi connectivity index (χ2v) is 6.14. The van der Waals surface area contributed by atoms with Crippen molar-refractivity contribution in [3.63, 3.8) is 0 Å². The highest BCUT2D eigenvalue weighted by atomic mass is 32.2.